The first-order valence-electron chi connectivity index (χ1n) is 4.49. The highest BCUT2D eigenvalue weighted by molar-refractivity contribution is 5.79. The molecular weight excluding hydrogens is 196 g/mol. The number of hydrogen-bond donors (Lipinski definition) is 2. The minimum atomic E-state index is -1.16. The summed E-state index contributed by atoms with van der Waals surface area (Å²) < 4.78 is 4.90. The quantitative estimate of drug-likeness (QED) is 0.741. The standard InChI is InChI=1S/C11H14O4/c1-11(2,14)8-5-10(15-3)9(13)4-7(8)6-12/h4-6,13-14H,1-3H3. The highest BCUT2D eigenvalue weighted by Gasteiger charge is 2.22. The third-order valence-electron chi connectivity index (χ3n) is 2.14. The van der Waals surface area contributed by atoms with E-state index in [1.165, 1.54) is 19.2 Å². The van der Waals surface area contributed by atoms with E-state index in [0.717, 1.165) is 0 Å². The van der Waals surface area contributed by atoms with E-state index in [0.29, 0.717) is 11.8 Å². The zero-order valence-electron chi connectivity index (χ0n) is 8.94. The van der Waals surface area contributed by atoms with E-state index in [-0.39, 0.29) is 17.1 Å². The molecule has 82 valence electrons. The SMILES string of the molecule is COc1cc(C(C)(C)O)c(C=O)cc1O. The molecule has 0 bridgehead atoms. The summed E-state index contributed by atoms with van der Waals surface area (Å²) in [7, 11) is 1.41. The second kappa shape index (κ2) is 3.90. The number of phenols is 1. The van der Waals surface area contributed by atoms with Crippen molar-refractivity contribution < 1.29 is 19.7 Å². The highest BCUT2D eigenvalue weighted by atomic mass is 16.5. The Kier molecular flexibility index (Phi) is 3.00. The number of aromatic hydroxyl groups is 1. The number of rotatable bonds is 3. The molecule has 0 aliphatic rings. The maximum Gasteiger partial charge on any atom is 0.160 e. The third kappa shape index (κ3) is 2.27. The molecule has 4 nitrogen and oxygen atoms in total. The van der Waals surface area contributed by atoms with Gasteiger partial charge in [-0.25, -0.2) is 0 Å². The van der Waals surface area contributed by atoms with Crippen LogP contribution in [0.4, 0.5) is 0 Å². The van der Waals surface area contributed by atoms with Crippen LogP contribution in [0.3, 0.4) is 0 Å². The van der Waals surface area contributed by atoms with E-state index in [2.05, 4.69) is 0 Å². The van der Waals surface area contributed by atoms with Gasteiger partial charge in [0.2, 0.25) is 0 Å². The molecule has 2 N–H and O–H groups in total. The number of ether oxygens (including phenoxy) is 1. The van der Waals surface area contributed by atoms with Crippen LogP contribution in [0.2, 0.25) is 0 Å². The van der Waals surface area contributed by atoms with Crippen molar-refractivity contribution in [3.8, 4) is 11.5 Å². The number of phenolic OH excluding ortho intramolecular Hbond substituents is 1. The summed E-state index contributed by atoms with van der Waals surface area (Å²) in [6.45, 7) is 3.12. The van der Waals surface area contributed by atoms with Crippen molar-refractivity contribution in [1.82, 2.24) is 0 Å². The predicted octanol–water partition coefficient (Wildman–Crippen LogP) is 1.44. The molecule has 0 saturated heterocycles. The molecule has 0 fully saturated rings. The lowest BCUT2D eigenvalue weighted by molar-refractivity contribution is 0.0764. The first-order chi connectivity index (χ1) is 6.90. The molecular formula is C11H14O4. The Bertz CT molecular complexity index is 377. The van der Waals surface area contributed by atoms with Gasteiger partial charge in [0.1, 0.15) is 0 Å². The van der Waals surface area contributed by atoms with Gasteiger partial charge >= 0.3 is 0 Å². The van der Waals surface area contributed by atoms with Gasteiger partial charge in [-0.1, -0.05) is 0 Å². The molecule has 0 unspecified atom stereocenters. The van der Waals surface area contributed by atoms with Gasteiger partial charge in [-0.3, -0.25) is 4.79 Å². The Morgan fingerprint density at radius 3 is 2.40 bits per heavy atom. The molecule has 1 aromatic carbocycles. The number of benzene rings is 1. The van der Waals surface area contributed by atoms with Crippen LogP contribution in [-0.2, 0) is 5.60 Å². The third-order valence-corrected chi connectivity index (χ3v) is 2.14. The van der Waals surface area contributed by atoms with Crippen molar-refractivity contribution in [2.75, 3.05) is 7.11 Å². The first kappa shape index (κ1) is 11.5. The molecule has 0 atom stereocenters. The zero-order chi connectivity index (χ0) is 11.6. The van der Waals surface area contributed by atoms with Crippen LogP contribution in [0.15, 0.2) is 12.1 Å². The fraction of sp³-hybridized carbons (Fsp3) is 0.364. The van der Waals surface area contributed by atoms with Crippen LogP contribution in [0.5, 0.6) is 11.5 Å². The lowest BCUT2D eigenvalue weighted by atomic mass is 9.93. The van der Waals surface area contributed by atoms with Crippen LogP contribution in [0.25, 0.3) is 0 Å². The summed E-state index contributed by atoms with van der Waals surface area (Å²) in [6.07, 6.45) is 0.590. The second-order valence-electron chi connectivity index (χ2n) is 3.79. The van der Waals surface area contributed by atoms with E-state index in [4.69, 9.17) is 4.74 Å². The molecule has 0 saturated carbocycles. The van der Waals surface area contributed by atoms with Gasteiger partial charge in [-0.15, -0.1) is 0 Å². The molecule has 15 heavy (non-hydrogen) atoms. The second-order valence-corrected chi connectivity index (χ2v) is 3.79. The van der Waals surface area contributed by atoms with E-state index in [9.17, 15) is 15.0 Å². The number of aliphatic hydroxyl groups is 1. The van der Waals surface area contributed by atoms with Gasteiger partial charge in [0.15, 0.2) is 17.8 Å². The minimum absolute atomic E-state index is 0.118. The molecule has 0 aliphatic heterocycles. The monoisotopic (exact) mass is 210 g/mol. The smallest absolute Gasteiger partial charge is 0.160 e. The first-order valence-corrected chi connectivity index (χ1v) is 4.49. The van der Waals surface area contributed by atoms with Gasteiger partial charge in [0.05, 0.1) is 12.7 Å². The maximum atomic E-state index is 10.8. The van der Waals surface area contributed by atoms with Gasteiger partial charge in [-0.05, 0) is 31.5 Å². The van der Waals surface area contributed by atoms with Crippen molar-refractivity contribution in [1.29, 1.82) is 0 Å². The maximum absolute atomic E-state index is 10.8. The van der Waals surface area contributed by atoms with Gasteiger partial charge < -0.3 is 14.9 Å². The molecule has 0 spiro atoms. The van der Waals surface area contributed by atoms with Crippen molar-refractivity contribution in [3.63, 3.8) is 0 Å². The normalized spacial score (nSPS) is 11.2. The molecule has 4 heteroatoms. The minimum Gasteiger partial charge on any atom is -0.504 e. The molecule has 0 amide bonds. The Morgan fingerprint density at radius 2 is 2.00 bits per heavy atom. The fourth-order valence-corrected chi connectivity index (χ4v) is 1.38. The van der Waals surface area contributed by atoms with Crippen molar-refractivity contribution in [2.24, 2.45) is 0 Å². The molecule has 0 radical (unpaired) electrons. The van der Waals surface area contributed by atoms with Gasteiger partial charge in [0, 0.05) is 5.56 Å². The summed E-state index contributed by atoms with van der Waals surface area (Å²) in [4.78, 5) is 10.8. The zero-order valence-corrected chi connectivity index (χ0v) is 8.94. The summed E-state index contributed by atoms with van der Waals surface area (Å²) >= 11 is 0. The van der Waals surface area contributed by atoms with Crippen LogP contribution in [-0.4, -0.2) is 23.6 Å². The number of methoxy groups -OCH3 is 1. The lowest BCUT2D eigenvalue weighted by Gasteiger charge is -2.20. The van der Waals surface area contributed by atoms with Crippen LogP contribution < -0.4 is 4.74 Å². The largest absolute Gasteiger partial charge is 0.504 e. The van der Waals surface area contributed by atoms with Crippen molar-refractivity contribution in [2.45, 2.75) is 19.4 Å². The number of hydrogen-bond acceptors (Lipinski definition) is 4. The Hall–Kier alpha value is -1.55. The fourth-order valence-electron chi connectivity index (χ4n) is 1.38. The average Bonchev–Trinajstić information content (AvgIpc) is 2.15. The Labute approximate surface area is 88.1 Å². The molecule has 1 aromatic rings. The summed E-state index contributed by atoms with van der Waals surface area (Å²) in [5, 5.41) is 19.3. The lowest BCUT2D eigenvalue weighted by Crippen LogP contribution is -2.18. The van der Waals surface area contributed by atoms with Gasteiger partial charge in [0.25, 0.3) is 0 Å². The number of carbonyl (C=O) groups excluding carboxylic acids is 1. The summed E-state index contributed by atoms with van der Waals surface area (Å²) in [6, 6.07) is 2.73. The van der Waals surface area contributed by atoms with E-state index < -0.39 is 5.60 Å². The number of aldehydes is 1. The van der Waals surface area contributed by atoms with Crippen molar-refractivity contribution >= 4 is 6.29 Å². The Morgan fingerprint density at radius 1 is 1.40 bits per heavy atom. The van der Waals surface area contributed by atoms with E-state index in [1.807, 2.05) is 0 Å². The summed E-state index contributed by atoms with van der Waals surface area (Å²) in [5.74, 6) is 0.116. The average molecular weight is 210 g/mol. The Balaban J connectivity index is 3.42. The highest BCUT2D eigenvalue weighted by Crippen LogP contribution is 2.33. The van der Waals surface area contributed by atoms with E-state index >= 15 is 0 Å². The summed E-state index contributed by atoms with van der Waals surface area (Å²) in [5.41, 5.74) is -0.482. The van der Waals surface area contributed by atoms with Crippen molar-refractivity contribution in [3.05, 3.63) is 23.3 Å². The molecule has 0 heterocycles. The van der Waals surface area contributed by atoms with E-state index in [1.54, 1.807) is 13.8 Å². The molecule has 0 aliphatic carbocycles. The molecule has 0 aromatic heterocycles. The number of carbonyl (C=O) groups is 1. The van der Waals surface area contributed by atoms with Crippen LogP contribution >= 0.6 is 0 Å². The molecule has 1 rings (SSSR count). The topological polar surface area (TPSA) is 66.8 Å². The van der Waals surface area contributed by atoms with Crippen LogP contribution in [0.1, 0.15) is 29.8 Å². The predicted molar refractivity (Wildman–Crippen MR) is 55.3 cm³/mol. The van der Waals surface area contributed by atoms with Crippen LogP contribution in [0, 0.1) is 0 Å². The van der Waals surface area contributed by atoms with Gasteiger partial charge in [-0.2, -0.15) is 0 Å².